The summed E-state index contributed by atoms with van der Waals surface area (Å²) in [6, 6.07) is 3.89. The summed E-state index contributed by atoms with van der Waals surface area (Å²) in [5.74, 6) is 0.426. The smallest absolute Gasteiger partial charge is 0.241 e. The van der Waals surface area contributed by atoms with Gasteiger partial charge in [-0.25, -0.2) is 5.10 Å². The maximum Gasteiger partial charge on any atom is 0.241 e. The zero-order chi connectivity index (χ0) is 8.81. The molecule has 6 heteroatoms. The maximum atomic E-state index is 5.07. The van der Waals surface area contributed by atoms with Crippen LogP contribution < -0.4 is 11.5 Å². The normalized spacial score (nSPS) is 8.67. The molecule has 0 saturated carbocycles. The lowest BCUT2D eigenvalue weighted by molar-refractivity contribution is 1.11. The number of nitrogens with one attached hydrogen (secondary N) is 2. The lowest BCUT2D eigenvalue weighted by Crippen LogP contribution is -1.87. The van der Waals surface area contributed by atoms with Gasteiger partial charge < -0.3 is 16.5 Å². The molecule has 2 rings (SSSR count). The van der Waals surface area contributed by atoms with E-state index in [4.69, 9.17) is 11.5 Å². The van der Waals surface area contributed by atoms with Crippen LogP contribution in [0.3, 0.4) is 0 Å². The summed E-state index contributed by atoms with van der Waals surface area (Å²) in [7, 11) is 0. The molecule has 0 aliphatic carbocycles. The molecule has 0 radical (unpaired) electrons. The number of nitrogens with zero attached hydrogens (tertiary/aromatic N) is 2. The summed E-state index contributed by atoms with van der Waals surface area (Å²) < 4.78 is 0. The van der Waals surface area contributed by atoms with E-state index in [1.807, 2.05) is 24.5 Å². The van der Waals surface area contributed by atoms with Crippen LogP contribution in [0, 0.1) is 0 Å². The summed E-state index contributed by atoms with van der Waals surface area (Å²) in [5, 5.41) is 5.79. The van der Waals surface area contributed by atoms with Gasteiger partial charge in [-0.15, -0.1) is 5.10 Å². The number of hydrogen-bond acceptors (Lipinski definition) is 4. The van der Waals surface area contributed by atoms with Crippen LogP contribution >= 0.6 is 0 Å². The van der Waals surface area contributed by atoms with Crippen LogP contribution in [0.25, 0.3) is 0 Å². The van der Waals surface area contributed by atoms with Crippen molar-refractivity contribution in [1.29, 1.82) is 0 Å². The third kappa shape index (κ3) is 2.74. The first kappa shape index (κ1) is 8.12. The van der Waals surface area contributed by atoms with E-state index >= 15 is 0 Å². The molecule has 2 heterocycles. The van der Waals surface area contributed by atoms with Crippen LogP contribution in [-0.4, -0.2) is 20.2 Å². The first-order chi connectivity index (χ1) is 5.79. The van der Waals surface area contributed by atoms with Gasteiger partial charge in [0.15, 0.2) is 0 Å². The second kappa shape index (κ2) is 4.02. The van der Waals surface area contributed by atoms with E-state index in [0.29, 0.717) is 0 Å². The fourth-order valence-corrected chi connectivity index (χ4v) is 0.566. The van der Waals surface area contributed by atoms with Gasteiger partial charge in [-0.3, -0.25) is 0 Å². The zero-order valence-corrected chi connectivity index (χ0v) is 6.36. The Kier molecular flexibility index (Phi) is 2.72. The first-order valence-electron chi connectivity index (χ1n) is 3.30. The number of rotatable bonds is 0. The standard InChI is InChI=1S/C4H5N.C2H5N5/c1-2-4-5-3-1;3-1-5-2(4)7-6-1/h1-5H;(H5,3,4,5,6,7). The van der Waals surface area contributed by atoms with E-state index in [0.717, 1.165) is 0 Å². The first-order valence-corrected chi connectivity index (χ1v) is 3.30. The quantitative estimate of drug-likeness (QED) is 0.441. The Morgan fingerprint density at radius 3 is 2.00 bits per heavy atom. The highest BCUT2D eigenvalue weighted by atomic mass is 15.3. The molecule has 6 nitrogen and oxygen atoms in total. The number of nitrogens with two attached hydrogens (primary N) is 2. The third-order valence-corrected chi connectivity index (χ3v) is 1.02. The van der Waals surface area contributed by atoms with Gasteiger partial charge in [0.2, 0.25) is 11.9 Å². The Labute approximate surface area is 69.0 Å². The highest BCUT2D eigenvalue weighted by Crippen LogP contribution is 1.89. The number of aromatic amines is 2. The number of H-pyrrole nitrogens is 2. The van der Waals surface area contributed by atoms with Crippen molar-refractivity contribution in [3.05, 3.63) is 24.5 Å². The summed E-state index contributed by atoms with van der Waals surface area (Å²) >= 11 is 0. The Balaban J connectivity index is 0.000000127. The van der Waals surface area contributed by atoms with Crippen molar-refractivity contribution in [2.75, 3.05) is 11.5 Å². The fraction of sp³-hybridized carbons (Fsp3) is 0. The monoisotopic (exact) mass is 166 g/mol. The topological polar surface area (TPSA) is 109 Å². The molecule has 0 fully saturated rings. The van der Waals surface area contributed by atoms with Gasteiger partial charge in [0.1, 0.15) is 0 Å². The zero-order valence-electron chi connectivity index (χ0n) is 6.36. The Morgan fingerprint density at radius 2 is 1.83 bits per heavy atom. The van der Waals surface area contributed by atoms with Gasteiger partial charge in [0.05, 0.1) is 0 Å². The molecule has 12 heavy (non-hydrogen) atoms. The lowest BCUT2D eigenvalue weighted by atomic mass is 10.7. The molecular formula is C6H10N6. The van der Waals surface area contributed by atoms with E-state index in [9.17, 15) is 0 Å². The van der Waals surface area contributed by atoms with Crippen LogP contribution in [0.15, 0.2) is 24.5 Å². The Morgan fingerprint density at radius 1 is 1.17 bits per heavy atom. The minimum atomic E-state index is 0.178. The molecule has 0 bridgehead atoms. The summed E-state index contributed by atoms with van der Waals surface area (Å²) in [5.41, 5.74) is 10.1. The minimum absolute atomic E-state index is 0.178. The predicted molar refractivity (Wildman–Crippen MR) is 46.0 cm³/mol. The molecule has 6 N–H and O–H groups in total. The average Bonchev–Trinajstić information content (AvgIpc) is 2.63. The number of hydrogen-bond donors (Lipinski definition) is 4. The third-order valence-electron chi connectivity index (χ3n) is 1.02. The highest BCUT2D eigenvalue weighted by molar-refractivity contribution is 5.23. The minimum Gasteiger partial charge on any atom is -0.368 e. The van der Waals surface area contributed by atoms with Crippen molar-refractivity contribution in [2.24, 2.45) is 0 Å². The summed E-state index contributed by atoms with van der Waals surface area (Å²) in [6.07, 6.45) is 3.75. The van der Waals surface area contributed by atoms with Gasteiger partial charge in [0, 0.05) is 12.4 Å². The molecule has 0 saturated heterocycles. The molecule has 64 valence electrons. The molecule has 0 unspecified atom stereocenters. The average molecular weight is 166 g/mol. The van der Waals surface area contributed by atoms with Gasteiger partial charge in [-0.1, -0.05) is 0 Å². The van der Waals surface area contributed by atoms with E-state index in [2.05, 4.69) is 20.2 Å². The molecular weight excluding hydrogens is 156 g/mol. The summed E-state index contributed by atoms with van der Waals surface area (Å²) in [4.78, 5) is 6.36. The van der Waals surface area contributed by atoms with Crippen LogP contribution in [0.2, 0.25) is 0 Å². The van der Waals surface area contributed by atoms with Gasteiger partial charge in [0.25, 0.3) is 0 Å². The van der Waals surface area contributed by atoms with Crippen LogP contribution in [0.4, 0.5) is 11.9 Å². The Bertz CT molecular complexity index is 264. The van der Waals surface area contributed by atoms with Crippen LogP contribution in [0.5, 0.6) is 0 Å². The van der Waals surface area contributed by atoms with E-state index in [1.54, 1.807) is 0 Å². The van der Waals surface area contributed by atoms with Gasteiger partial charge >= 0.3 is 0 Å². The van der Waals surface area contributed by atoms with E-state index in [1.165, 1.54) is 0 Å². The van der Waals surface area contributed by atoms with Crippen LogP contribution in [-0.2, 0) is 0 Å². The van der Waals surface area contributed by atoms with Crippen LogP contribution in [0.1, 0.15) is 0 Å². The van der Waals surface area contributed by atoms with E-state index < -0.39 is 0 Å². The van der Waals surface area contributed by atoms with Crippen molar-refractivity contribution < 1.29 is 0 Å². The van der Waals surface area contributed by atoms with Crippen molar-refractivity contribution in [3.63, 3.8) is 0 Å². The predicted octanol–water partition coefficient (Wildman–Crippen LogP) is -0.0162. The fourth-order valence-electron chi connectivity index (χ4n) is 0.566. The lowest BCUT2D eigenvalue weighted by Gasteiger charge is -1.69. The SMILES string of the molecule is Nc1n[nH]c(N)n1.c1cc[nH]c1. The molecule has 0 atom stereocenters. The summed E-state index contributed by atoms with van der Waals surface area (Å²) in [6.45, 7) is 0. The second-order valence-corrected chi connectivity index (χ2v) is 1.96. The molecule has 0 aromatic carbocycles. The second-order valence-electron chi connectivity index (χ2n) is 1.96. The van der Waals surface area contributed by atoms with E-state index in [-0.39, 0.29) is 11.9 Å². The maximum absolute atomic E-state index is 5.07. The van der Waals surface area contributed by atoms with Crippen molar-refractivity contribution in [2.45, 2.75) is 0 Å². The molecule has 0 amide bonds. The number of nitrogen functional groups attached to an aromatic ring is 2. The van der Waals surface area contributed by atoms with Gasteiger partial charge in [-0.05, 0) is 12.1 Å². The number of aromatic nitrogens is 4. The van der Waals surface area contributed by atoms with Gasteiger partial charge in [-0.2, -0.15) is 4.98 Å². The molecule has 2 aromatic rings. The molecule has 0 spiro atoms. The Hall–Kier alpha value is -1.98. The molecule has 0 aliphatic rings. The largest absolute Gasteiger partial charge is 0.368 e. The number of anilines is 2. The molecule has 0 aliphatic heterocycles. The van der Waals surface area contributed by atoms with Crippen molar-refractivity contribution in [3.8, 4) is 0 Å². The molecule has 2 aromatic heterocycles. The van der Waals surface area contributed by atoms with Crippen molar-refractivity contribution in [1.82, 2.24) is 20.2 Å². The van der Waals surface area contributed by atoms with Crippen molar-refractivity contribution >= 4 is 11.9 Å². The highest BCUT2D eigenvalue weighted by Gasteiger charge is 1.87.